The van der Waals surface area contributed by atoms with Crippen LogP contribution in [0.3, 0.4) is 0 Å². The number of amidine groups is 1. The maximum Gasteiger partial charge on any atom is 0.338 e. The number of carboxylic acid groups (broad SMARTS) is 1. The van der Waals surface area contributed by atoms with E-state index in [1.807, 2.05) is 11.9 Å². The van der Waals surface area contributed by atoms with Crippen LogP contribution in [0.1, 0.15) is 23.9 Å². The monoisotopic (exact) mass is 565 g/mol. The molecule has 1 aromatic heterocycles. The van der Waals surface area contributed by atoms with Crippen molar-refractivity contribution in [2.75, 3.05) is 31.7 Å². The molecule has 2 N–H and O–H groups in total. The van der Waals surface area contributed by atoms with E-state index in [0.717, 1.165) is 12.2 Å². The van der Waals surface area contributed by atoms with Crippen LogP contribution in [-0.2, 0) is 21.4 Å². The quantitative estimate of drug-likeness (QED) is 0.514. The maximum atomic E-state index is 13.9. The number of carbonyl (C=O) groups is 2. The minimum atomic E-state index is -0.911. The molecule has 12 heteroatoms. The van der Waals surface area contributed by atoms with Gasteiger partial charge in [0.15, 0.2) is 11.7 Å². The molecule has 2 aliphatic heterocycles. The van der Waals surface area contributed by atoms with Crippen molar-refractivity contribution in [2.24, 2.45) is 12.0 Å². The highest BCUT2D eigenvalue weighted by atomic mass is 79.9. The number of rotatable bonds is 6. The van der Waals surface area contributed by atoms with Crippen molar-refractivity contribution >= 4 is 45.5 Å². The van der Waals surface area contributed by atoms with E-state index in [2.05, 4.69) is 26.2 Å². The first-order chi connectivity index (χ1) is 16.8. The van der Waals surface area contributed by atoms with Gasteiger partial charge in [0.25, 0.3) is 0 Å². The summed E-state index contributed by atoms with van der Waals surface area (Å²) in [5.74, 6) is 0.315. The molecule has 35 heavy (non-hydrogen) atoms. The number of imidazole rings is 1. The number of aliphatic carboxylic acids is 1. The lowest BCUT2D eigenvalue weighted by Crippen LogP contribution is -2.47. The summed E-state index contributed by atoms with van der Waals surface area (Å²) < 4.78 is 21.2. The Kier molecular flexibility index (Phi) is 7.92. The molecule has 0 saturated carbocycles. The molecule has 9 nitrogen and oxygen atoms in total. The van der Waals surface area contributed by atoms with Gasteiger partial charge in [-0.15, -0.1) is 0 Å². The molecule has 0 radical (unpaired) electrons. The van der Waals surface area contributed by atoms with Crippen molar-refractivity contribution in [1.82, 2.24) is 19.8 Å². The molecule has 1 aromatic carbocycles. The molecule has 3 heterocycles. The molecule has 0 aliphatic carbocycles. The van der Waals surface area contributed by atoms with E-state index in [4.69, 9.17) is 9.73 Å². The van der Waals surface area contributed by atoms with Crippen molar-refractivity contribution in [3.05, 3.63) is 63.5 Å². The summed E-state index contributed by atoms with van der Waals surface area (Å²) in [5.41, 5.74) is 1.28. The number of aliphatic imine (C=N–C) groups is 1. The van der Waals surface area contributed by atoms with Crippen LogP contribution in [0.5, 0.6) is 0 Å². The zero-order valence-electron chi connectivity index (χ0n) is 19.2. The number of carboxylic acids is 1. The highest BCUT2D eigenvalue weighted by molar-refractivity contribution is 9.10. The number of hydrogen-bond acceptors (Lipinski definition) is 8. The zero-order valence-corrected chi connectivity index (χ0v) is 21.6. The van der Waals surface area contributed by atoms with Crippen molar-refractivity contribution in [3.8, 4) is 0 Å². The minimum absolute atomic E-state index is 0.167. The second-order valence-corrected chi connectivity index (χ2v) is 10.2. The first kappa shape index (κ1) is 25.4. The summed E-state index contributed by atoms with van der Waals surface area (Å²) in [4.78, 5) is 36.1. The SMILES string of the molecule is COC(=O)C1=C(CN2CCCSCC2C(=O)O)NC(c2nccn2C)=NC1c1ccc(F)cc1Br. The number of hydrogen-bond donors (Lipinski definition) is 2. The van der Waals surface area contributed by atoms with Gasteiger partial charge in [0, 0.05) is 48.5 Å². The molecule has 0 bridgehead atoms. The van der Waals surface area contributed by atoms with Gasteiger partial charge in [-0.05, 0) is 29.9 Å². The highest BCUT2D eigenvalue weighted by Crippen LogP contribution is 2.37. The fourth-order valence-electron chi connectivity index (χ4n) is 4.17. The molecular formula is C23H25BrFN5O4S. The van der Waals surface area contributed by atoms with E-state index in [1.54, 1.807) is 34.8 Å². The Balaban J connectivity index is 1.85. The number of nitrogens with zero attached hydrogens (tertiary/aromatic N) is 4. The lowest BCUT2D eigenvalue weighted by atomic mass is 9.95. The van der Waals surface area contributed by atoms with Crippen molar-refractivity contribution in [1.29, 1.82) is 0 Å². The van der Waals surface area contributed by atoms with E-state index < -0.39 is 29.8 Å². The Hall–Kier alpha value is -2.70. The van der Waals surface area contributed by atoms with Gasteiger partial charge in [0.1, 0.15) is 17.9 Å². The Labute approximate surface area is 214 Å². The molecule has 4 rings (SSSR count). The molecule has 186 valence electrons. The smallest absolute Gasteiger partial charge is 0.338 e. The number of halogens is 2. The number of ether oxygens (including phenoxy) is 1. The third-order valence-electron chi connectivity index (χ3n) is 5.92. The zero-order chi connectivity index (χ0) is 25.1. The third-order valence-corrected chi connectivity index (χ3v) is 7.73. The first-order valence-electron chi connectivity index (χ1n) is 10.9. The number of carbonyl (C=O) groups excluding carboxylic acids is 1. The number of esters is 1. The summed E-state index contributed by atoms with van der Waals surface area (Å²) in [6, 6.07) is 2.65. The van der Waals surface area contributed by atoms with E-state index in [-0.39, 0.29) is 12.1 Å². The number of benzene rings is 1. The third kappa shape index (κ3) is 5.44. The topological polar surface area (TPSA) is 109 Å². The average Bonchev–Trinajstić information content (AvgIpc) is 3.11. The number of nitrogens with one attached hydrogen (secondary N) is 1. The number of aromatic nitrogens is 2. The Morgan fingerprint density at radius 1 is 1.40 bits per heavy atom. The summed E-state index contributed by atoms with van der Waals surface area (Å²) >= 11 is 5.01. The van der Waals surface area contributed by atoms with E-state index in [9.17, 15) is 19.1 Å². The van der Waals surface area contributed by atoms with Crippen LogP contribution in [-0.4, -0.2) is 75.1 Å². The molecule has 1 saturated heterocycles. The number of thioether (sulfide) groups is 1. The second kappa shape index (κ2) is 10.9. The Morgan fingerprint density at radius 2 is 2.20 bits per heavy atom. The molecule has 2 atom stereocenters. The lowest BCUT2D eigenvalue weighted by molar-refractivity contribution is -0.142. The second-order valence-electron chi connectivity index (χ2n) is 8.17. The molecule has 0 spiro atoms. The predicted molar refractivity (Wildman–Crippen MR) is 134 cm³/mol. The molecule has 2 unspecified atom stereocenters. The molecular weight excluding hydrogens is 541 g/mol. The van der Waals surface area contributed by atoms with Gasteiger partial charge in [-0.2, -0.15) is 11.8 Å². The van der Waals surface area contributed by atoms with Crippen molar-refractivity contribution < 1.29 is 23.8 Å². The predicted octanol–water partition coefficient (Wildman–Crippen LogP) is 2.73. The number of methoxy groups -OCH3 is 1. The van der Waals surface area contributed by atoms with E-state index >= 15 is 0 Å². The fourth-order valence-corrected chi connectivity index (χ4v) is 5.82. The van der Waals surface area contributed by atoms with Gasteiger partial charge in [-0.25, -0.2) is 14.2 Å². The summed E-state index contributed by atoms with van der Waals surface area (Å²) in [7, 11) is 3.10. The van der Waals surface area contributed by atoms with E-state index in [1.165, 1.54) is 19.2 Å². The van der Waals surface area contributed by atoms with Gasteiger partial charge >= 0.3 is 11.9 Å². The average molecular weight is 566 g/mol. The Morgan fingerprint density at radius 3 is 2.86 bits per heavy atom. The largest absolute Gasteiger partial charge is 0.480 e. The highest BCUT2D eigenvalue weighted by Gasteiger charge is 2.36. The summed E-state index contributed by atoms with van der Waals surface area (Å²) in [5, 5.41) is 13.1. The van der Waals surface area contributed by atoms with Crippen LogP contribution in [0.4, 0.5) is 4.39 Å². The van der Waals surface area contributed by atoms with Crippen LogP contribution in [0.2, 0.25) is 0 Å². The van der Waals surface area contributed by atoms with Crippen LogP contribution in [0.15, 0.2) is 51.3 Å². The van der Waals surface area contributed by atoms with Crippen LogP contribution in [0.25, 0.3) is 0 Å². The summed E-state index contributed by atoms with van der Waals surface area (Å²) in [6.45, 7) is 0.726. The van der Waals surface area contributed by atoms with Crippen molar-refractivity contribution in [3.63, 3.8) is 0 Å². The van der Waals surface area contributed by atoms with Crippen LogP contribution >= 0.6 is 27.7 Å². The van der Waals surface area contributed by atoms with Gasteiger partial charge < -0.3 is 19.7 Å². The van der Waals surface area contributed by atoms with Crippen molar-refractivity contribution in [2.45, 2.75) is 18.5 Å². The molecule has 2 aliphatic rings. The fraction of sp³-hybridized carbons (Fsp3) is 0.391. The standard InChI is InChI=1S/C23H25BrFN5O4S/c1-29-8-6-26-21(29)20-27-16(11-30-7-3-9-35-12-17(30)22(31)32)18(23(33)34-2)19(28-20)14-5-4-13(25)10-15(14)24/h4-6,8,10,17,19H,3,7,9,11-12H2,1-2H3,(H,27,28)(H,31,32). The first-order valence-corrected chi connectivity index (χ1v) is 12.9. The van der Waals surface area contributed by atoms with Crippen LogP contribution in [0, 0.1) is 5.82 Å². The normalized spacial score (nSPS) is 21.2. The molecule has 2 aromatic rings. The lowest BCUT2D eigenvalue weighted by Gasteiger charge is -2.32. The molecule has 1 fully saturated rings. The minimum Gasteiger partial charge on any atom is -0.480 e. The van der Waals surface area contributed by atoms with Gasteiger partial charge in [0.05, 0.1) is 12.7 Å². The maximum absolute atomic E-state index is 13.9. The van der Waals surface area contributed by atoms with Gasteiger partial charge in [-0.1, -0.05) is 22.0 Å². The van der Waals surface area contributed by atoms with Gasteiger partial charge in [0.2, 0.25) is 0 Å². The molecule has 0 amide bonds. The summed E-state index contributed by atoms with van der Waals surface area (Å²) in [6.07, 6.45) is 4.23. The number of aryl methyl sites for hydroxylation is 1. The van der Waals surface area contributed by atoms with Gasteiger partial charge in [-0.3, -0.25) is 14.7 Å². The Bertz CT molecular complexity index is 1200. The van der Waals surface area contributed by atoms with E-state index in [0.29, 0.717) is 39.7 Å². The van der Waals surface area contributed by atoms with Crippen LogP contribution < -0.4 is 5.32 Å².